The lowest BCUT2D eigenvalue weighted by molar-refractivity contribution is 0.102. The summed E-state index contributed by atoms with van der Waals surface area (Å²) in [4.78, 5) is 12.6. The van der Waals surface area contributed by atoms with E-state index >= 15 is 0 Å². The molecule has 3 aromatic rings. The lowest BCUT2D eigenvalue weighted by Crippen LogP contribution is -2.15. The first-order valence-electron chi connectivity index (χ1n) is 8.28. The molecule has 3 rings (SSSR count). The van der Waals surface area contributed by atoms with Crippen molar-refractivity contribution in [2.45, 2.75) is 0 Å². The van der Waals surface area contributed by atoms with Crippen LogP contribution in [0.2, 0.25) is 0 Å². The van der Waals surface area contributed by atoms with Crippen LogP contribution in [0.25, 0.3) is 0 Å². The van der Waals surface area contributed by atoms with E-state index in [1.54, 1.807) is 54.6 Å². The number of aromatic nitrogens is 2. The van der Waals surface area contributed by atoms with Crippen molar-refractivity contribution in [2.24, 2.45) is 0 Å². The number of anilines is 3. The van der Waals surface area contributed by atoms with Crippen molar-refractivity contribution in [1.29, 1.82) is 5.26 Å². The number of nitriles is 1. The standard InChI is InChI=1S/C20H17N5O3/c1-27-15-4-3-5-16(28-2)19(15)20(26)23-18-11-10-17(24-25-18)22-14-8-6-13(12-21)7-9-14/h3-11H,1-2H3,(H,22,24)(H,23,25,26). The first-order valence-corrected chi connectivity index (χ1v) is 8.28. The third-order valence-corrected chi connectivity index (χ3v) is 3.85. The van der Waals surface area contributed by atoms with Crippen LogP contribution in [-0.2, 0) is 0 Å². The van der Waals surface area contributed by atoms with Gasteiger partial charge in [-0.1, -0.05) is 6.07 Å². The Bertz CT molecular complexity index is 989. The average Bonchev–Trinajstić information content (AvgIpc) is 2.75. The van der Waals surface area contributed by atoms with Crippen LogP contribution in [0.5, 0.6) is 11.5 Å². The molecule has 0 bridgehead atoms. The number of amides is 1. The SMILES string of the molecule is COc1cccc(OC)c1C(=O)Nc1ccc(Nc2ccc(C#N)cc2)nn1. The van der Waals surface area contributed by atoms with E-state index < -0.39 is 5.91 Å². The summed E-state index contributed by atoms with van der Waals surface area (Å²) in [6.07, 6.45) is 0. The zero-order chi connectivity index (χ0) is 19.9. The van der Waals surface area contributed by atoms with Gasteiger partial charge in [0, 0.05) is 5.69 Å². The lowest BCUT2D eigenvalue weighted by atomic mass is 10.1. The van der Waals surface area contributed by atoms with Crippen molar-refractivity contribution in [3.05, 3.63) is 65.7 Å². The average molecular weight is 375 g/mol. The molecule has 0 saturated heterocycles. The van der Waals surface area contributed by atoms with E-state index in [-0.39, 0.29) is 11.4 Å². The van der Waals surface area contributed by atoms with Crippen molar-refractivity contribution in [3.8, 4) is 17.6 Å². The molecule has 140 valence electrons. The van der Waals surface area contributed by atoms with Gasteiger partial charge < -0.3 is 20.1 Å². The summed E-state index contributed by atoms with van der Waals surface area (Å²) >= 11 is 0. The van der Waals surface area contributed by atoms with Gasteiger partial charge in [-0.05, 0) is 48.5 Å². The number of ether oxygens (including phenoxy) is 2. The van der Waals surface area contributed by atoms with Crippen LogP contribution in [0.3, 0.4) is 0 Å². The molecule has 28 heavy (non-hydrogen) atoms. The minimum absolute atomic E-state index is 0.272. The molecule has 0 aliphatic rings. The maximum atomic E-state index is 12.6. The molecule has 1 heterocycles. The Kier molecular flexibility index (Phi) is 5.67. The molecule has 8 heteroatoms. The quantitative estimate of drug-likeness (QED) is 0.680. The number of nitrogens with zero attached hydrogens (tertiary/aromatic N) is 3. The van der Waals surface area contributed by atoms with E-state index in [1.165, 1.54) is 14.2 Å². The van der Waals surface area contributed by atoms with Gasteiger partial charge in [0.25, 0.3) is 5.91 Å². The zero-order valence-electron chi connectivity index (χ0n) is 15.3. The maximum Gasteiger partial charge on any atom is 0.264 e. The fourth-order valence-corrected chi connectivity index (χ4v) is 2.50. The molecule has 1 amide bonds. The van der Waals surface area contributed by atoms with Crippen molar-refractivity contribution in [1.82, 2.24) is 10.2 Å². The smallest absolute Gasteiger partial charge is 0.264 e. The number of rotatable bonds is 6. The van der Waals surface area contributed by atoms with Gasteiger partial charge in [0.1, 0.15) is 17.1 Å². The topological polar surface area (TPSA) is 109 Å². The van der Waals surface area contributed by atoms with E-state index in [0.717, 1.165) is 5.69 Å². The highest BCUT2D eigenvalue weighted by atomic mass is 16.5. The third-order valence-electron chi connectivity index (χ3n) is 3.85. The van der Waals surface area contributed by atoms with Gasteiger partial charge in [0.15, 0.2) is 11.6 Å². The van der Waals surface area contributed by atoms with Crippen LogP contribution in [0.15, 0.2) is 54.6 Å². The Hall–Kier alpha value is -4.12. The van der Waals surface area contributed by atoms with Crippen LogP contribution >= 0.6 is 0 Å². The second-order valence-corrected chi connectivity index (χ2v) is 5.61. The summed E-state index contributed by atoms with van der Waals surface area (Å²) in [7, 11) is 2.96. The van der Waals surface area contributed by atoms with E-state index in [0.29, 0.717) is 22.9 Å². The van der Waals surface area contributed by atoms with Crippen molar-refractivity contribution in [3.63, 3.8) is 0 Å². The number of carbonyl (C=O) groups is 1. The van der Waals surface area contributed by atoms with Crippen LogP contribution < -0.4 is 20.1 Å². The van der Waals surface area contributed by atoms with Crippen LogP contribution in [-0.4, -0.2) is 30.3 Å². The lowest BCUT2D eigenvalue weighted by Gasteiger charge is -2.12. The monoisotopic (exact) mass is 375 g/mol. The Morgan fingerprint density at radius 2 is 1.54 bits per heavy atom. The molecule has 8 nitrogen and oxygen atoms in total. The fraction of sp³-hybridized carbons (Fsp3) is 0.100. The molecule has 2 N–H and O–H groups in total. The number of carbonyl (C=O) groups excluding carboxylic acids is 1. The van der Waals surface area contributed by atoms with E-state index in [9.17, 15) is 4.79 Å². The summed E-state index contributed by atoms with van der Waals surface area (Å²) in [6.45, 7) is 0. The summed E-state index contributed by atoms with van der Waals surface area (Å²) < 4.78 is 10.5. The molecule has 0 unspecified atom stereocenters. The minimum Gasteiger partial charge on any atom is -0.496 e. The van der Waals surface area contributed by atoms with Gasteiger partial charge in [-0.3, -0.25) is 4.79 Å². The predicted octanol–water partition coefficient (Wildman–Crippen LogP) is 3.36. The Morgan fingerprint density at radius 3 is 2.07 bits per heavy atom. The number of nitrogens with one attached hydrogen (secondary N) is 2. The highest BCUT2D eigenvalue weighted by molar-refractivity contribution is 6.07. The normalized spacial score (nSPS) is 9.89. The van der Waals surface area contributed by atoms with Crippen molar-refractivity contribution >= 4 is 23.2 Å². The Balaban J connectivity index is 1.72. The fourth-order valence-electron chi connectivity index (χ4n) is 2.50. The highest BCUT2D eigenvalue weighted by Gasteiger charge is 2.18. The molecule has 1 aromatic heterocycles. The third kappa shape index (κ3) is 4.16. The van der Waals surface area contributed by atoms with Crippen molar-refractivity contribution < 1.29 is 14.3 Å². The zero-order valence-corrected chi connectivity index (χ0v) is 15.3. The molecule has 0 aliphatic carbocycles. The molecule has 0 radical (unpaired) electrons. The van der Waals surface area contributed by atoms with Gasteiger partial charge in [-0.15, -0.1) is 10.2 Å². The highest BCUT2D eigenvalue weighted by Crippen LogP contribution is 2.28. The minimum atomic E-state index is -0.420. The summed E-state index contributed by atoms with van der Waals surface area (Å²) in [5.41, 5.74) is 1.61. The molecule has 0 saturated carbocycles. The Labute approximate surface area is 161 Å². The summed E-state index contributed by atoms with van der Waals surface area (Å²) in [5, 5.41) is 22.6. The van der Waals surface area contributed by atoms with Crippen LogP contribution in [0, 0.1) is 11.3 Å². The van der Waals surface area contributed by atoms with Crippen LogP contribution in [0.1, 0.15) is 15.9 Å². The molecule has 2 aromatic carbocycles. The van der Waals surface area contributed by atoms with Gasteiger partial charge in [0.2, 0.25) is 0 Å². The summed E-state index contributed by atoms with van der Waals surface area (Å²) in [5.74, 6) is 1.14. The molecular formula is C20H17N5O3. The Morgan fingerprint density at radius 1 is 0.929 bits per heavy atom. The number of benzene rings is 2. The second-order valence-electron chi connectivity index (χ2n) is 5.61. The summed E-state index contributed by atoms with van der Waals surface area (Å²) in [6, 6.07) is 17.4. The predicted molar refractivity (Wildman–Crippen MR) is 104 cm³/mol. The van der Waals surface area contributed by atoms with Gasteiger partial charge in [-0.2, -0.15) is 5.26 Å². The largest absolute Gasteiger partial charge is 0.496 e. The van der Waals surface area contributed by atoms with E-state index in [1.807, 2.05) is 0 Å². The maximum absolute atomic E-state index is 12.6. The number of methoxy groups -OCH3 is 2. The molecule has 0 spiro atoms. The van der Waals surface area contributed by atoms with Crippen LogP contribution in [0.4, 0.5) is 17.3 Å². The van der Waals surface area contributed by atoms with Gasteiger partial charge >= 0.3 is 0 Å². The first-order chi connectivity index (χ1) is 13.6. The molecule has 0 atom stereocenters. The molecule has 0 aliphatic heterocycles. The van der Waals surface area contributed by atoms with Crippen molar-refractivity contribution in [2.75, 3.05) is 24.9 Å². The van der Waals surface area contributed by atoms with Gasteiger partial charge in [0.05, 0.1) is 25.9 Å². The molecule has 0 fully saturated rings. The first kappa shape index (κ1) is 18.7. The van der Waals surface area contributed by atoms with Gasteiger partial charge in [-0.25, -0.2) is 0 Å². The number of hydrogen-bond donors (Lipinski definition) is 2. The number of hydrogen-bond acceptors (Lipinski definition) is 7. The van der Waals surface area contributed by atoms with E-state index in [4.69, 9.17) is 14.7 Å². The second kappa shape index (κ2) is 8.51. The molecular weight excluding hydrogens is 358 g/mol. The van der Waals surface area contributed by atoms with E-state index in [2.05, 4.69) is 26.9 Å².